The Morgan fingerprint density at radius 1 is 1.15 bits per heavy atom. The average Bonchev–Trinajstić information content (AvgIpc) is 2.67. The molecule has 6 nitrogen and oxygen atoms in total. The van der Waals surface area contributed by atoms with Gasteiger partial charge < -0.3 is 5.73 Å². The smallest absolute Gasteiger partial charge is 0.270 e. The van der Waals surface area contributed by atoms with Gasteiger partial charge in [-0.2, -0.15) is 5.26 Å². The Kier molecular flexibility index (Phi) is 4.63. The van der Waals surface area contributed by atoms with Crippen LogP contribution < -0.4 is 5.73 Å². The molecule has 0 atom stereocenters. The molecule has 128 valence electrons. The average molecular weight is 344 g/mol. The summed E-state index contributed by atoms with van der Waals surface area (Å²) < 4.78 is 0. The number of pyridine rings is 1. The first-order chi connectivity index (χ1) is 12.5. The van der Waals surface area contributed by atoms with E-state index in [0.29, 0.717) is 16.8 Å². The lowest BCUT2D eigenvalue weighted by molar-refractivity contribution is -0.384. The molecule has 2 aromatic carbocycles. The lowest BCUT2D eigenvalue weighted by Gasteiger charge is -2.10. The fraction of sp³-hybridized carbons (Fsp3) is 0.100. The molecule has 0 aliphatic heterocycles. The number of hydrogen-bond acceptors (Lipinski definition) is 5. The van der Waals surface area contributed by atoms with E-state index >= 15 is 0 Å². The van der Waals surface area contributed by atoms with Gasteiger partial charge in [0.1, 0.15) is 17.5 Å². The molecule has 1 aromatic heterocycles. The van der Waals surface area contributed by atoms with Crippen LogP contribution >= 0.6 is 0 Å². The van der Waals surface area contributed by atoms with Crippen molar-refractivity contribution in [2.45, 2.75) is 13.3 Å². The van der Waals surface area contributed by atoms with E-state index in [0.717, 1.165) is 12.0 Å². The molecule has 2 N–H and O–H groups in total. The van der Waals surface area contributed by atoms with Crippen molar-refractivity contribution in [2.24, 2.45) is 0 Å². The monoisotopic (exact) mass is 344 g/mol. The maximum Gasteiger partial charge on any atom is 0.270 e. The summed E-state index contributed by atoms with van der Waals surface area (Å²) in [6.07, 6.45) is 0.933. The van der Waals surface area contributed by atoms with Gasteiger partial charge in [-0.05, 0) is 23.6 Å². The third-order valence-corrected chi connectivity index (χ3v) is 4.19. The van der Waals surface area contributed by atoms with Crippen molar-refractivity contribution in [2.75, 3.05) is 5.73 Å². The van der Waals surface area contributed by atoms with Crippen molar-refractivity contribution < 1.29 is 4.92 Å². The molecule has 0 fully saturated rings. The number of aryl methyl sites for hydroxylation is 1. The lowest BCUT2D eigenvalue weighted by atomic mass is 9.97. The first kappa shape index (κ1) is 17.1. The van der Waals surface area contributed by atoms with Gasteiger partial charge in [0.25, 0.3) is 5.69 Å². The van der Waals surface area contributed by atoms with E-state index in [2.05, 4.69) is 18.0 Å². The number of nitrogen functional groups attached to an aromatic ring is 1. The number of nitrogens with zero attached hydrogens (tertiary/aromatic N) is 3. The van der Waals surface area contributed by atoms with Gasteiger partial charge in [0.05, 0.1) is 10.6 Å². The summed E-state index contributed by atoms with van der Waals surface area (Å²) in [5, 5.41) is 20.5. The topological polar surface area (TPSA) is 106 Å². The summed E-state index contributed by atoms with van der Waals surface area (Å²) in [5.74, 6) is 0.103. The Hall–Kier alpha value is -3.72. The summed E-state index contributed by atoms with van der Waals surface area (Å²) in [4.78, 5) is 14.9. The van der Waals surface area contributed by atoms with Crippen LogP contribution in [-0.4, -0.2) is 9.91 Å². The summed E-state index contributed by atoms with van der Waals surface area (Å²) in [6, 6.07) is 17.9. The highest BCUT2D eigenvalue weighted by Crippen LogP contribution is 2.32. The number of nitrogens with two attached hydrogens (primary N) is 1. The van der Waals surface area contributed by atoms with Crippen LogP contribution in [0.3, 0.4) is 0 Å². The minimum atomic E-state index is -0.468. The molecule has 0 unspecified atom stereocenters. The standard InChI is InChI=1S/C20H16N4O2/c1-2-13-6-8-14(9-7-13)19-11-17(18(12-21)20(22)23-19)15-4-3-5-16(10-15)24(25)26/h3-11H,2H2,1H3,(H2,22,23). The largest absolute Gasteiger partial charge is 0.383 e. The van der Waals surface area contributed by atoms with E-state index in [9.17, 15) is 15.4 Å². The highest BCUT2D eigenvalue weighted by molar-refractivity contribution is 5.80. The highest BCUT2D eigenvalue weighted by Gasteiger charge is 2.15. The van der Waals surface area contributed by atoms with Crippen molar-refractivity contribution >= 4 is 11.5 Å². The van der Waals surface area contributed by atoms with Gasteiger partial charge in [0.2, 0.25) is 0 Å². The van der Waals surface area contributed by atoms with Gasteiger partial charge in [-0.15, -0.1) is 0 Å². The summed E-state index contributed by atoms with van der Waals surface area (Å²) in [7, 11) is 0. The summed E-state index contributed by atoms with van der Waals surface area (Å²) >= 11 is 0. The number of benzene rings is 2. The zero-order chi connectivity index (χ0) is 18.7. The fourth-order valence-corrected chi connectivity index (χ4v) is 2.76. The predicted molar refractivity (Wildman–Crippen MR) is 100 cm³/mol. The fourth-order valence-electron chi connectivity index (χ4n) is 2.76. The van der Waals surface area contributed by atoms with E-state index in [1.807, 2.05) is 24.3 Å². The maximum absolute atomic E-state index is 11.1. The van der Waals surface area contributed by atoms with Crippen LogP contribution in [0.5, 0.6) is 0 Å². The molecule has 1 heterocycles. The minimum absolute atomic E-state index is 0.0457. The van der Waals surface area contributed by atoms with Crippen molar-refractivity contribution in [3.63, 3.8) is 0 Å². The molecular weight excluding hydrogens is 328 g/mol. The molecule has 3 aromatic rings. The Morgan fingerprint density at radius 3 is 2.50 bits per heavy atom. The molecule has 0 amide bonds. The number of hydrogen-bond donors (Lipinski definition) is 1. The molecule has 0 saturated carbocycles. The maximum atomic E-state index is 11.1. The van der Waals surface area contributed by atoms with Crippen LogP contribution in [0, 0.1) is 21.4 Å². The zero-order valence-electron chi connectivity index (χ0n) is 14.1. The number of non-ortho nitro benzene ring substituents is 1. The predicted octanol–water partition coefficient (Wildman–Crippen LogP) is 4.34. The van der Waals surface area contributed by atoms with Crippen LogP contribution in [0.4, 0.5) is 11.5 Å². The van der Waals surface area contributed by atoms with E-state index in [1.54, 1.807) is 18.2 Å². The van der Waals surface area contributed by atoms with Gasteiger partial charge in [-0.25, -0.2) is 4.98 Å². The van der Waals surface area contributed by atoms with Gasteiger partial charge in [-0.1, -0.05) is 43.3 Å². The van der Waals surface area contributed by atoms with Crippen molar-refractivity contribution in [3.05, 3.63) is 75.8 Å². The lowest BCUT2D eigenvalue weighted by Crippen LogP contribution is -2.00. The molecule has 0 bridgehead atoms. The van der Waals surface area contributed by atoms with Crippen LogP contribution in [0.2, 0.25) is 0 Å². The first-order valence-electron chi connectivity index (χ1n) is 8.08. The Balaban J connectivity index is 2.18. The molecule has 0 saturated heterocycles. The van der Waals surface area contributed by atoms with E-state index in [1.165, 1.54) is 17.7 Å². The van der Waals surface area contributed by atoms with Gasteiger partial charge in [0, 0.05) is 23.3 Å². The zero-order valence-corrected chi connectivity index (χ0v) is 14.1. The van der Waals surface area contributed by atoms with Gasteiger partial charge in [-0.3, -0.25) is 10.1 Å². The number of rotatable bonds is 4. The Morgan fingerprint density at radius 2 is 1.88 bits per heavy atom. The van der Waals surface area contributed by atoms with Crippen LogP contribution in [0.15, 0.2) is 54.6 Å². The Labute approximate surface area is 150 Å². The molecule has 6 heteroatoms. The number of aromatic nitrogens is 1. The molecular formula is C20H16N4O2. The number of nitriles is 1. The third-order valence-electron chi connectivity index (χ3n) is 4.19. The molecule has 0 spiro atoms. The third kappa shape index (κ3) is 3.23. The highest BCUT2D eigenvalue weighted by atomic mass is 16.6. The minimum Gasteiger partial charge on any atom is -0.383 e. The van der Waals surface area contributed by atoms with E-state index in [4.69, 9.17) is 5.73 Å². The van der Waals surface area contributed by atoms with Gasteiger partial charge in [0.15, 0.2) is 0 Å². The molecule has 0 aliphatic rings. The SMILES string of the molecule is CCc1ccc(-c2cc(-c3cccc([N+](=O)[O-])c3)c(C#N)c(N)n2)cc1. The second-order valence-corrected chi connectivity index (χ2v) is 5.79. The van der Waals surface area contributed by atoms with Crippen LogP contribution in [-0.2, 0) is 6.42 Å². The van der Waals surface area contributed by atoms with Crippen LogP contribution in [0.25, 0.3) is 22.4 Å². The normalized spacial score (nSPS) is 10.3. The van der Waals surface area contributed by atoms with Crippen molar-refractivity contribution in [3.8, 4) is 28.5 Å². The second kappa shape index (κ2) is 7.03. The van der Waals surface area contributed by atoms with E-state index < -0.39 is 4.92 Å². The van der Waals surface area contributed by atoms with Crippen molar-refractivity contribution in [1.29, 1.82) is 5.26 Å². The molecule has 0 radical (unpaired) electrons. The number of nitro benzene ring substituents is 1. The number of anilines is 1. The van der Waals surface area contributed by atoms with Crippen molar-refractivity contribution in [1.82, 2.24) is 4.98 Å². The molecule has 26 heavy (non-hydrogen) atoms. The number of nitro groups is 1. The first-order valence-corrected chi connectivity index (χ1v) is 8.08. The van der Waals surface area contributed by atoms with Gasteiger partial charge >= 0.3 is 0 Å². The quantitative estimate of drug-likeness (QED) is 0.560. The molecule has 3 rings (SSSR count). The second-order valence-electron chi connectivity index (χ2n) is 5.79. The Bertz CT molecular complexity index is 1020. The molecule has 0 aliphatic carbocycles. The summed E-state index contributed by atoms with van der Waals surface area (Å²) in [5.41, 5.74) is 9.92. The van der Waals surface area contributed by atoms with Crippen LogP contribution in [0.1, 0.15) is 18.1 Å². The van der Waals surface area contributed by atoms with E-state index in [-0.39, 0.29) is 17.1 Å². The summed E-state index contributed by atoms with van der Waals surface area (Å²) in [6.45, 7) is 2.08.